The quantitative estimate of drug-likeness (QED) is 0.324. The minimum atomic E-state index is -4.34. The van der Waals surface area contributed by atoms with Gasteiger partial charge in [0.2, 0.25) is 0 Å². The molecule has 1 aromatic heterocycles. The number of nitrogens with zero attached hydrogens (tertiary/aromatic N) is 2. The maximum Gasteiger partial charge on any atom is 0.416 e. The van der Waals surface area contributed by atoms with Gasteiger partial charge in [-0.1, -0.05) is 32.0 Å². The van der Waals surface area contributed by atoms with Crippen molar-refractivity contribution in [3.63, 3.8) is 0 Å². The highest BCUT2D eigenvalue weighted by Crippen LogP contribution is 2.32. The van der Waals surface area contributed by atoms with Crippen LogP contribution in [-0.2, 0) is 18.0 Å². The van der Waals surface area contributed by atoms with E-state index in [0.717, 1.165) is 17.5 Å². The van der Waals surface area contributed by atoms with Crippen LogP contribution in [-0.4, -0.2) is 31.1 Å². The fourth-order valence-electron chi connectivity index (χ4n) is 2.55. The number of aliphatic imine (C=N–C) groups is 1. The van der Waals surface area contributed by atoms with Gasteiger partial charge in [-0.05, 0) is 18.6 Å². The molecule has 0 fully saturated rings. The van der Waals surface area contributed by atoms with Gasteiger partial charge in [0.25, 0.3) is 0 Å². The predicted molar refractivity (Wildman–Crippen MR) is 120 cm³/mol. The molecule has 2 aromatic rings. The number of hydrogen-bond donors (Lipinski definition) is 2. The smallest absolute Gasteiger partial charge is 0.356 e. The van der Waals surface area contributed by atoms with Crippen LogP contribution in [0.5, 0.6) is 0 Å². The number of rotatable bonds is 6. The average molecular weight is 526 g/mol. The minimum Gasteiger partial charge on any atom is -0.356 e. The maximum absolute atomic E-state index is 13.0. The Morgan fingerprint density at radius 1 is 1.18 bits per heavy atom. The molecule has 4 nitrogen and oxygen atoms in total. The Balaban J connectivity index is 0.00000392. The molecule has 0 aliphatic carbocycles. The zero-order chi connectivity index (χ0) is 20.1. The van der Waals surface area contributed by atoms with E-state index in [1.54, 1.807) is 24.5 Å². The number of hydrogen-bond acceptors (Lipinski definition) is 3. The van der Waals surface area contributed by atoms with E-state index >= 15 is 0 Å². The van der Waals surface area contributed by atoms with Gasteiger partial charge in [-0.3, -0.25) is 4.99 Å². The first-order chi connectivity index (χ1) is 12.6. The van der Waals surface area contributed by atoms with Crippen LogP contribution >= 0.6 is 35.3 Å². The number of benzene rings is 1. The van der Waals surface area contributed by atoms with Crippen molar-refractivity contribution in [2.75, 3.05) is 20.1 Å². The van der Waals surface area contributed by atoms with E-state index in [0.29, 0.717) is 24.6 Å². The van der Waals surface area contributed by atoms with Crippen LogP contribution in [0.2, 0.25) is 0 Å². The van der Waals surface area contributed by atoms with E-state index in [1.807, 2.05) is 27.0 Å². The minimum absolute atomic E-state index is 0. The Labute approximate surface area is 185 Å². The van der Waals surface area contributed by atoms with Crippen molar-refractivity contribution in [3.05, 3.63) is 51.5 Å². The van der Waals surface area contributed by atoms with E-state index < -0.39 is 17.2 Å². The SMILES string of the molecule is CN=C(NCCc1ncc(C)s1)NCC(C)(C)c1cccc(C(F)(F)F)c1.I. The standard InChI is InChI=1S/C19H25F3N4S.HI/c1-13-11-25-16(27-13)8-9-24-17(23-4)26-12-18(2,3)14-6-5-7-15(10-14)19(20,21)22;/h5-7,10-11H,8-9,12H2,1-4H3,(H2,23,24,26);1H. The lowest BCUT2D eigenvalue weighted by Crippen LogP contribution is -2.44. The van der Waals surface area contributed by atoms with Crippen LogP contribution in [0, 0.1) is 6.92 Å². The van der Waals surface area contributed by atoms with Gasteiger partial charge < -0.3 is 10.6 Å². The van der Waals surface area contributed by atoms with E-state index in [4.69, 9.17) is 0 Å². The summed E-state index contributed by atoms with van der Waals surface area (Å²) in [7, 11) is 1.67. The molecule has 2 N–H and O–H groups in total. The van der Waals surface area contributed by atoms with E-state index in [2.05, 4.69) is 20.6 Å². The number of nitrogens with one attached hydrogen (secondary N) is 2. The number of thiazole rings is 1. The molecule has 0 atom stereocenters. The molecule has 0 amide bonds. The van der Waals surface area contributed by atoms with Crippen LogP contribution in [0.4, 0.5) is 13.2 Å². The molecule has 2 rings (SSSR count). The zero-order valence-corrected chi connectivity index (χ0v) is 19.5. The molecular weight excluding hydrogens is 500 g/mol. The van der Waals surface area contributed by atoms with Crippen LogP contribution in [0.1, 0.15) is 34.9 Å². The zero-order valence-electron chi connectivity index (χ0n) is 16.4. The maximum atomic E-state index is 13.0. The topological polar surface area (TPSA) is 49.3 Å². The van der Waals surface area contributed by atoms with Gasteiger partial charge in [-0.2, -0.15) is 13.2 Å². The second-order valence-electron chi connectivity index (χ2n) is 6.93. The van der Waals surface area contributed by atoms with Gasteiger partial charge in [0.05, 0.1) is 10.6 Å². The van der Waals surface area contributed by atoms with Crippen molar-refractivity contribution in [1.82, 2.24) is 15.6 Å². The van der Waals surface area contributed by atoms with Crippen LogP contribution in [0.15, 0.2) is 35.5 Å². The van der Waals surface area contributed by atoms with Crippen molar-refractivity contribution >= 4 is 41.3 Å². The van der Waals surface area contributed by atoms with Gasteiger partial charge in [-0.15, -0.1) is 35.3 Å². The lowest BCUT2D eigenvalue weighted by Gasteiger charge is -2.27. The van der Waals surface area contributed by atoms with Crippen LogP contribution in [0.25, 0.3) is 0 Å². The lowest BCUT2D eigenvalue weighted by molar-refractivity contribution is -0.137. The van der Waals surface area contributed by atoms with Gasteiger partial charge >= 0.3 is 6.18 Å². The molecule has 0 saturated heterocycles. The molecular formula is C19H26F3IN4S. The first-order valence-electron chi connectivity index (χ1n) is 8.65. The summed E-state index contributed by atoms with van der Waals surface area (Å²) in [6, 6.07) is 5.47. The van der Waals surface area contributed by atoms with Crippen molar-refractivity contribution in [3.8, 4) is 0 Å². The van der Waals surface area contributed by atoms with E-state index in [9.17, 15) is 13.2 Å². The molecule has 28 heavy (non-hydrogen) atoms. The van der Waals surface area contributed by atoms with E-state index in [-0.39, 0.29) is 24.0 Å². The van der Waals surface area contributed by atoms with Gasteiger partial charge in [0.15, 0.2) is 5.96 Å². The highest BCUT2D eigenvalue weighted by molar-refractivity contribution is 14.0. The molecule has 0 radical (unpaired) electrons. The van der Waals surface area contributed by atoms with E-state index in [1.165, 1.54) is 17.0 Å². The molecule has 0 saturated carbocycles. The molecule has 0 spiro atoms. The summed E-state index contributed by atoms with van der Waals surface area (Å²) in [6.45, 7) is 6.95. The Kier molecular flexibility index (Phi) is 9.19. The first kappa shape index (κ1) is 24.7. The van der Waals surface area contributed by atoms with Crippen LogP contribution in [0.3, 0.4) is 0 Å². The fraction of sp³-hybridized carbons (Fsp3) is 0.474. The molecule has 0 aliphatic rings. The fourth-order valence-corrected chi connectivity index (χ4v) is 3.34. The molecule has 1 aromatic carbocycles. The third-order valence-corrected chi connectivity index (χ3v) is 5.17. The number of halogens is 4. The average Bonchev–Trinajstić information content (AvgIpc) is 3.02. The summed E-state index contributed by atoms with van der Waals surface area (Å²) < 4.78 is 38.9. The molecule has 0 bridgehead atoms. The van der Waals surface area contributed by atoms with Crippen molar-refractivity contribution in [2.24, 2.45) is 4.99 Å². The normalized spacial score (nSPS) is 12.5. The lowest BCUT2D eigenvalue weighted by atomic mass is 9.84. The van der Waals surface area contributed by atoms with Crippen molar-refractivity contribution in [1.29, 1.82) is 0 Å². The summed E-state index contributed by atoms with van der Waals surface area (Å²) >= 11 is 1.66. The summed E-state index contributed by atoms with van der Waals surface area (Å²) in [5, 5.41) is 7.47. The third kappa shape index (κ3) is 7.23. The monoisotopic (exact) mass is 526 g/mol. The molecule has 156 valence electrons. The summed E-state index contributed by atoms with van der Waals surface area (Å²) in [5.74, 6) is 0.614. The number of alkyl halides is 3. The molecule has 9 heteroatoms. The largest absolute Gasteiger partial charge is 0.416 e. The Hall–Kier alpha value is -1.36. The molecule has 0 aliphatic heterocycles. The van der Waals surface area contributed by atoms with Crippen LogP contribution < -0.4 is 10.6 Å². The molecule has 1 heterocycles. The second kappa shape index (κ2) is 10.4. The molecule has 0 unspecified atom stereocenters. The highest BCUT2D eigenvalue weighted by Gasteiger charge is 2.32. The summed E-state index contributed by atoms with van der Waals surface area (Å²) in [4.78, 5) is 9.67. The first-order valence-corrected chi connectivity index (χ1v) is 9.47. The van der Waals surface area contributed by atoms with Gasteiger partial charge in [0, 0.05) is 43.0 Å². The number of aromatic nitrogens is 1. The number of guanidine groups is 1. The number of aryl methyl sites for hydroxylation is 1. The highest BCUT2D eigenvalue weighted by atomic mass is 127. The Bertz CT molecular complexity index is 787. The Morgan fingerprint density at radius 3 is 2.43 bits per heavy atom. The predicted octanol–water partition coefficient (Wildman–Crippen LogP) is 4.77. The summed E-state index contributed by atoms with van der Waals surface area (Å²) in [6.07, 6.45) is -1.70. The van der Waals surface area contributed by atoms with Gasteiger partial charge in [-0.25, -0.2) is 4.98 Å². The second-order valence-corrected chi connectivity index (χ2v) is 8.25. The third-order valence-electron chi connectivity index (χ3n) is 4.19. The Morgan fingerprint density at radius 2 is 1.86 bits per heavy atom. The van der Waals surface area contributed by atoms with Crippen molar-refractivity contribution in [2.45, 2.75) is 38.8 Å². The summed E-state index contributed by atoms with van der Waals surface area (Å²) in [5.41, 5.74) is -0.501. The van der Waals surface area contributed by atoms with Crippen molar-refractivity contribution < 1.29 is 13.2 Å². The van der Waals surface area contributed by atoms with Gasteiger partial charge in [0.1, 0.15) is 0 Å².